The van der Waals surface area contributed by atoms with Gasteiger partial charge in [-0.1, -0.05) is 17.8 Å². The second kappa shape index (κ2) is 5.52. The summed E-state index contributed by atoms with van der Waals surface area (Å²) < 4.78 is 4.97. The maximum Gasteiger partial charge on any atom is 0.338 e. The van der Waals surface area contributed by atoms with E-state index < -0.39 is 0 Å². The first-order valence-electron chi connectivity index (χ1n) is 6.78. The van der Waals surface area contributed by atoms with Gasteiger partial charge in [-0.15, -0.1) is 0 Å². The molecule has 0 spiro atoms. The third kappa shape index (κ3) is 2.81. The molecular weight excluding hydrogens is 290 g/mol. The number of nitrogens with zero attached hydrogens (tertiary/aromatic N) is 1. The Kier molecular flexibility index (Phi) is 3.71. The van der Waals surface area contributed by atoms with Crippen molar-refractivity contribution in [3.05, 3.63) is 29.3 Å². The minimum atomic E-state index is -0.331. The van der Waals surface area contributed by atoms with Crippen LogP contribution in [0.5, 0.6) is 0 Å². The van der Waals surface area contributed by atoms with Gasteiger partial charge in [-0.3, -0.25) is 9.59 Å². The zero-order valence-corrected chi connectivity index (χ0v) is 12.4. The minimum Gasteiger partial charge on any atom is -0.457 e. The van der Waals surface area contributed by atoms with Crippen molar-refractivity contribution >= 4 is 34.4 Å². The number of esters is 1. The van der Waals surface area contributed by atoms with Crippen LogP contribution in [0.15, 0.2) is 18.2 Å². The zero-order chi connectivity index (χ0) is 15.0. The highest BCUT2D eigenvalue weighted by Gasteiger charge is 2.32. The quantitative estimate of drug-likeness (QED) is 0.799. The molecule has 1 unspecified atom stereocenters. The largest absolute Gasteiger partial charge is 0.457 e. The Balaban J connectivity index is 1.75. The number of ether oxygens (including phenoxy) is 1. The predicted molar refractivity (Wildman–Crippen MR) is 79.2 cm³/mol. The van der Waals surface area contributed by atoms with Crippen molar-refractivity contribution in [2.24, 2.45) is 5.92 Å². The van der Waals surface area contributed by atoms with Gasteiger partial charge in [-0.2, -0.15) is 0 Å². The summed E-state index contributed by atoms with van der Waals surface area (Å²) in [5.41, 5.74) is 2.13. The van der Waals surface area contributed by atoms with E-state index in [4.69, 9.17) is 4.74 Å². The lowest BCUT2D eigenvalue weighted by molar-refractivity contribution is -0.117. The molecule has 2 aliphatic rings. The standard InChI is InChI=1S/C15H15NO4S/c1-9(17)21-8-10-4-14(18)16(6-10)12-3-2-11-7-20-15(19)13(11)5-12/h2-3,5,10H,4,6-8H2,1H3. The Labute approximate surface area is 126 Å². The zero-order valence-electron chi connectivity index (χ0n) is 11.6. The third-order valence-electron chi connectivity index (χ3n) is 3.71. The fourth-order valence-corrected chi connectivity index (χ4v) is 3.34. The summed E-state index contributed by atoms with van der Waals surface area (Å²) in [7, 11) is 0. The molecule has 3 rings (SSSR count). The lowest BCUT2D eigenvalue weighted by Crippen LogP contribution is -2.25. The van der Waals surface area contributed by atoms with Gasteiger partial charge < -0.3 is 9.64 Å². The number of hydrogen-bond acceptors (Lipinski definition) is 5. The van der Waals surface area contributed by atoms with Gasteiger partial charge >= 0.3 is 5.97 Å². The van der Waals surface area contributed by atoms with E-state index in [1.165, 1.54) is 18.7 Å². The van der Waals surface area contributed by atoms with E-state index in [0.717, 1.165) is 11.3 Å². The molecule has 0 N–H and O–H groups in total. The van der Waals surface area contributed by atoms with E-state index in [1.54, 1.807) is 11.0 Å². The highest BCUT2D eigenvalue weighted by Crippen LogP contribution is 2.30. The number of rotatable bonds is 3. The van der Waals surface area contributed by atoms with Crippen LogP contribution in [0.4, 0.5) is 5.69 Å². The summed E-state index contributed by atoms with van der Waals surface area (Å²) in [6.07, 6.45) is 0.446. The molecule has 1 fully saturated rings. The Morgan fingerprint density at radius 1 is 1.43 bits per heavy atom. The molecule has 1 atom stereocenters. The van der Waals surface area contributed by atoms with Crippen molar-refractivity contribution in [1.82, 2.24) is 0 Å². The Morgan fingerprint density at radius 2 is 2.24 bits per heavy atom. The van der Waals surface area contributed by atoms with Gasteiger partial charge in [0.25, 0.3) is 0 Å². The number of amides is 1. The van der Waals surface area contributed by atoms with Crippen LogP contribution in [0.25, 0.3) is 0 Å². The number of cyclic esters (lactones) is 1. The average molecular weight is 305 g/mol. The van der Waals surface area contributed by atoms with Crippen molar-refractivity contribution in [3.63, 3.8) is 0 Å². The van der Waals surface area contributed by atoms with Crippen LogP contribution in [0, 0.1) is 5.92 Å². The Hall–Kier alpha value is -1.82. The first-order valence-corrected chi connectivity index (χ1v) is 7.77. The second-order valence-electron chi connectivity index (χ2n) is 5.29. The Morgan fingerprint density at radius 3 is 3.00 bits per heavy atom. The summed E-state index contributed by atoms with van der Waals surface area (Å²) >= 11 is 1.26. The number of hydrogen-bond donors (Lipinski definition) is 0. The summed E-state index contributed by atoms with van der Waals surface area (Å²) in [6.45, 7) is 2.43. The summed E-state index contributed by atoms with van der Waals surface area (Å²) in [4.78, 5) is 36.4. The van der Waals surface area contributed by atoms with Crippen molar-refractivity contribution < 1.29 is 19.1 Å². The van der Waals surface area contributed by atoms with Crippen LogP contribution in [-0.4, -0.2) is 29.3 Å². The maximum atomic E-state index is 12.1. The van der Waals surface area contributed by atoms with Crippen LogP contribution < -0.4 is 4.90 Å². The molecule has 1 saturated heterocycles. The number of carbonyl (C=O) groups is 3. The van der Waals surface area contributed by atoms with Gasteiger partial charge in [0.2, 0.25) is 5.91 Å². The van der Waals surface area contributed by atoms with E-state index in [1.807, 2.05) is 12.1 Å². The van der Waals surface area contributed by atoms with Gasteiger partial charge in [0.15, 0.2) is 5.12 Å². The fourth-order valence-electron chi connectivity index (χ4n) is 2.65. The smallest absolute Gasteiger partial charge is 0.338 e. The molecule has 0 radical (unpaired) electrons. The summed E-state index contributed by atoms with van der Waals surface area (Å²) in [6, 6.07) is 5.41. The molecule has 1 aromatic carbocycles. The molecule has 0 aliphatic carbocycles. The molecule has 1 amide bonds. The van der Waals surface area contributed by atoms with Crippen molar-refractivity contribution in [3.8, 4) is 0 Å². The third-order valence-corrected chi connectivity index (χ3v) is 4.76. The number of carbonyl (C=O) groups excluding carboxylic acids is 3. The first-order chi connectivity index (χ1) is 10.0. The molecule has 0 aromatic heterocycles. The molecule has 110 valence electrons. The fraction of sp³-hybridized carbons (Fsp3) is 0.400. The average Bonchev–Trinajstić information content (AvgIpc) is 3.00. The van der Waals surface area contributed by atoms with E-state index in [0.29, 0.717) is 30.9 Å². The van der Waals surface area contributed by atoms with E-state index >= 15 is 0 Å². The molecular formula is C15H15NO4S. The first kappa shape index (κ1) is 14.1. The topological polar surface area (TPSA) is 63.7 Å². The lowest BCUT2D eigenvalue weighted by Gasteiger charge is -2.17. The van der Waals surface area contributed by atoms with Crippen LogP contribution in [-0.2, 0) is 20.9 Å². The molecule has 0 saturated carbocycles. The lowest BCUT2D eigenvalue weighted by atomic mass is 10.1. The van der Waals surface area contributed by atoms with Gasteiger partial charge in [0.05, 0.1) is 5.56 Å². The van der Waals surface area contributed by atoms with Crippen molar-refractivity contribution in [2.45, 2.75) is 20.0 Å². The van der Waals surface area contributed by atoms with Crippen molar-refractivity contribution in [1.29, 1.82) is 0 Å². The number of thioether (sulfide) groups is 1. The van der Waals surface area contributed by atoms with Crippen LogP contribution >= 0.6 is 11.8 Å². The normalized spacial score (nSPS) is 20.6. The summed E-state index contributed by atoms with van der Waals surface area (Å²) in [5.74, 6) is 0.536. The molecule has 21 heavy (non-hydrogen) atoms. The van der Waals surface area contributed by atoms with Crippen molar-refractivity contribution in [2.75, 3.05) is 17.2 Å². The number of benzene rings is 1. The SMILES string of the molecule is CC(=O)SCC1CC(=O)N(c2ccc3c(c2)C(=O)OC3)C1. The molecule has 6 heteroatoms. The molecule has 2 aliphatic heterocycles. The summed E-state index contributed by atoms with van der Waals surface area (Å²) in [5, 5.41) is 0.0705. The van der Waals surface area contributed by atoms with Crippen LogP contribution in [0.3, 0.4) is 0 Å². The maximum absolute atomic E-state index is 12.1. The predicted octanol–water partition coefficient (Wildman–Crippen LogP) is 1.99. The molecule has 5 nitrogen and oxygen atoms in total. The van der Waals surface area contributed by atoms with Gasteiger partial charge in [-0.05, 0) is 18.1 Å². The monoisotopic (exact) mass is 305 g/mol. The number of anilines is 1. The van der Waals surface area contributed by atoms with E-state index in [2.05, 4.69) is 0 Å². The van der Waals surface area contributed by atoms with Crippen LogP contribution in [0.2, 0.25) is 0 Å². The number of fused-ring (bicyclic) bond motifs is 1. The van der Waals surface area contributed by atoms with E-state index in [9.17, 15) is 14.4 Å². The van der Waals surface area contributed by atoms with Gasteiger partial charge in [0.1, 0.15) is 6.61 Å². The molecule has 1 aromatic rings. The molecule has 2 heterocycles. The van der Waals surface area contributed by atoms with Crippen LogP contribution in [0.1, 0.15) is 29.3 Å². The van der Waals surface area contributed by atoms with Gasteiger partial charge in [-0.25, -0.2) is 4.79 Å². The molecule has 0 bridgehead atoms. The van der Waals surface area contributed by atoms with E-state index in [-0.39, 0.29) is 22.9 Å². The Bertz CT molecular complexity index is 628. The highest BCUT2D eigenvalue weighted by atomic mass is 32.2. The minimum absolute atomic E-state index is 0.0375. The highest BCUT2D eigenvalue weighted by molar-refractivity contribution is 8.13. The second-order valence-corrected chi connectivity index (χ2v) is 6.49. The van der Waals surface area contributed by atoms with Gasteiger partial charge in [0, 0.05) is 36.9 Å².